The second-order valence-corrected chi connectivity index (χ2v) is 7.30. The van der Waals surface area contributed by atoms with Gasteiger partial charge >= 0.3 is 0 Å². The predicted octanol–water partition coefficient (Wildman–Crippen LogP) is 4.06. The van der Waals surface area contributed by atoms with Crippen LogP contribution in [0.15, 0.2) is 29.2 Å². The van der Waals surface area contributed by atoms with Crippen molar-refractivity contribution in [2.75, 3.05) is 5.75 Å². The van der Waals surface area contributed by atoms with Crippen LogP contribution in [-0.2, 0) is 9.84 Å². The monoisotopic (exact) mass is 278 g/mol. The van der Waals surface area contributed by atoms with Crippen molar-refractivity contribution in [1.29, 1.82) is 0 Å². The number of hydrogen-bond acceptors (Lipinski definition) is 2. The first-order valence-corrected chi connectivity index (χ1v) is 6.72. The van der Waals surface area contributed by atoms with Crippen molar-refractivity contribution >= 4 is 21.4 Å². The predicted molar refractivity (Wildman–Crippen MR) is 76.6 cm³/mol. The number of hydrogen-bond donors (Lipinski definition) is 0. The zero-order valence-corrected chi connectivity index (χ0v) is 10.7. The van der Waals surface area contributed by atoms with Crippen LogP contribution >= 0.6 is 11.6 Å². The van der Waals surface area contributed by atoms with E-state index in [1.54, 1.807) is 38.1 Å². The molecule has 1 aromatic rings. The Hall–Kier alpha value is -0.540. The molecule has 0 saturated heterocycles. The third kappa shape index (κ3) is 6.08. The molecule has 0 aliphatic carbocycles. The molecule has 4 heteroatoms. The number of sulfone groups is 1. The summed E-state index contributed by atoms with van der Waals surface area (Å²) in [5, 5.41) is 0. The van der Waals surface area contributed by atoms with Crippen molar-refractivity contribution in [3.05, 3.63) is 29.8 Å². The van der Waals surface area contributed by atoms with E-state index in [-0.39, 0.29) is 20.6 Å². The summed E-state index contributed by atoms with van der Waals surface area (Å²) >= 11 is 5.92. The van der Waals surface area contributed by atoms with Gasteiger partial charge in [-0.1, -0.05) is 32.5 Å². The highest BCUT2D eigenvalue weighted by molar-refractivity contribution is 7.91. The van der Waals surface area contributed by atoms with Gasteiger partial charge in [0.1, 0.15) is 0 Å². The van der Waals surface area contributed by atoms with Crippen LogP contribution in [-0.4, -0.2) is 19.0 Å². The quantitative estimate of drug-likeness (QED) is 0.782. The molecular formula is C13H23ClO2S. The van der Waals surface area contributed by atoms with E-state index in [9.17, 15) is 8.42 Å². The van der Waals surface area contributed by atoms with Crippen LogP contribution in [0, 0.1) is 6.92 Å². The van der Waals surface area contributed by atoms with Gasteiger partial charge in [0.05, 0.1) is 15.5 Å². The van der Waals surface area contributed by atoms with Gasteiger partial charge in [-0.3, -0.25) is 0 Å². The van der Waals surface area contributed by atoms with Crippen LogP contribution in [0.25, 0.3) is 0 Å². The highest BCUT2D eigenvalue weighted by Crippen LogP contribution is 2.21. The van der Waals surface area contributed by atoms with Gasteiger partial charge in [0.2, 0.25) is 0 Å². The summed E-state index contributed by atoms with van der Waals surface area (Å²) < 4.78 is 23.7. The lowest BCUT2D eigenvalue weighted by atomic mass is 10.2. The molecular weight excluding hydrogens is 256 g/mol. The smallest absolute Gasteiger partial charge is 0.180 e. The molecule has 0 radical (unpaired) electrons. The lowest BCUT2D eigenvalue weighted by Gasteiger charge is -2.15. The highest BCUT2D eigenvalue weighted by atomic mass is 35.5. The average molecular weight is 279 g/mol. The topological polar surface area (TPSA) is 34.1 Å². The summed E-state index contributed by atoms with van der Waals surface area (Å²) in [7, 11) is -3.27. The zero-order valence-electron chi connectivity index (χ0n) is 9.12. The van der Waals surface area contributed by atoms with E-state index in [1.807, 2.05) is 6.92 Å². The maximum Gasteiger partial charge on any atom is 0.180 e. The molecule has 0 bridgehead atoms. The normalized spacial score (nSPS) is 11.3. The van der Waals surface area contributed by atoms with Crippen LogP contribution in [0.2, 0.25) is 0 Å². The van der Waals surface area contributed by atoms with Crippen LogP contribution in [0.4, 0.5) is 0 Å². The molecule has 0 aliphatic heterocycles. The minimum Gasteiger partial charge on any atom is -0.224 e. The molecule has 0 atom stereocenters. The lowest BCUT2D eigenvalue weighted by molar-refractivity contribution is 0.587. The van der Waals surface area contributed by atoms with Crippen molar-refractivity contribution < 1.29 is 8.42 Å². The summed E-state index contributed by atoms with van der Waals surface area (Å²) in [6.45, 7) is 5.31. The number of halogens is 1. The Morgan fingerprint density at radius 3 is 1.88 bits per heavy atom. The molecule has 0 unspecified atom stereocenters. The molecule has 0 aromatic heterocycles. The van der Waals surface area contributed by atoms with E-state index in [2.05, 4.69) is 0 Å². The molecule has 17 heavy (non-hydrogen) atoms. The van der Waals surface area contributed by atoms with Crippen molar-refractivity contribution in [3.63, 3.8) is 0 Å². The van der Waals surface area contributed by atoms with E-state index in [0.717, 1.165) is 5.56 Å². The largest absolute Gasteiger partial charge is 0.224 e. The second kappa shape index (κ2) is 6.41. The molecule has 0 amide bonds. The fourth-order valence-corrected chi connectivity index (χ4v) is 3.33. The maximum absolute atomic E-state index is 11.9. The summed E-state index contributed by atoms with van der Waals surface area (Å²) in [6, 6.07) is 6.81. The van der Waals surface area contributed by atoms with Gasteiger partial charge in [0.25, 0.3) is 0 Å². The Morgan fingerprint density at radius 1 is 1.12 bits per heavy atom. The summed E-state index contributed by atoms with van der Waals surface area (Å²) in [5.41, 5.74) is 1.04. The molecule has 100 valence electrons. The van der Waals surface area contributed by atoms with Crippen LogP contribution < -0.4 is 0 Å². The van der Waals surface area contributed by atoms with Gasteiger partial charge < -0.3 is 0 Å². The first-order valence-electron chi connectivity index (χ1n) is 4.69. The molecule has 0 heterocycles. The Morgan fingerprint density at radius 2 is 1.53 bits per heavy atom. The van der Waals surface area contributed by atoms with Gasteiger partial charge in [-0.05, 0) is 32.9 Å². The molecule has 0 fully saturated rings. The van der Waals surface area contributed by atoms with E-state index in [1.165, 1.54) is 0 Å². The Kier molecular flexibility index (Phi) is 7.09. The molecule has 0 spiro atoms. The average Bonchev–Trinajstić information content (AvgIpc) is 2.00. The maximum atomic E-state index is 11.9. The standard InChI is InChI=1S/C11H15ClO2S.2CH4/c1-9-4-6-10(7-5-9)15(13,14)8-11(2,3)12;;/h4-7H,8H2,1-3H3;2*1H4. The minimum absolute atomic E-state index is 0. The first kappa shape index (κ1) is 18.8. The lowest BCUT2D eigenvalue weighted by Crippen LogP contribution is -2.24. The molecule has 1 aromatic carbocycles. The molecule has 0 saturated carbocycles. The van der Waals surface area contributed by atoms with Gasteiger partial charge in [-0.15, -0.1) is 11.6 Å². The van der Waals surface area contributed by atoms with Gasteiger partial charge in [0, 0.05) is 0 Å². The van der Waals surface area contributed by atoms with Gasteiger partial charge in [0.15, 0.2) is 9.84 Å². The fraction of sp³-hybridized carbons (Fsp3) is 0.538. The summed E-state index contributed by atoms with van der Waals surface area (Å²) in [5.74, 6) is -0.0510. The van der Waals surface area contributed by atoms with Gasteiger partial charge in [-0.2, -0.15) is 0 Å². The number of rotatable bonds is 3. The SMILES string of the molecule is C.C.Cc1ccc(S(=O)(=O)CC(C)(C)Cl)cc1. The molecule has 2 nitrogen and oxygen atoms in total. The summed E-state index contributed by atoms with van der Waals surface area (Å²) in [6.07, 6.45) is 0. The fourth-order valence-electron chi connectivity index (χ4n) is 1.28. The Bertz CT molecular complexity index is 427. The Balaban J connectivity index is 0. The van der Waals surface area contributed by atoms with Crippen molar-refractivity contribution in [3.8, 4) is 0 Å². The van der Waals surface area contributed by atoms with E-state index < -0.39 is 14.7 Å². The first-order chi connectivity index (χ1) is 6.71. The third-order valence-corrected chi connectivity index (χ3v) is 4.30. The number of alkyl halides is 1. The van der Waals surface area contributed by atoms with Crippen LogP contribution in [0.5, 0.6) is 0 Å². The Labute approximate surface area is 111 Å². The van der Waals surface area contributed by atoms with Crippen molar-refractivity contribution in [2.45, 2.75) is 45.4 Å². The highest BCUT2D eigenvalue weighted by Gasteiger charge is 2.25. The molecule has 0 N–H and O–H groups in total. The van der Waals surface area contributed by atoms with Crippen molar-refractivity contribution in [1.82, 2.24) is 0 Å². The molecule has 1 rings (SSSR count). The summed E-state index contributed by atoms with van der Waals surface area (Å²) in [4.78, 5) is -0.397. The van der Waals surface area contributed by atoms with E-state index in [0.29, 0.717) is 4.90 Å². The number of aryl methyl sites for hydroxylation is 1. The second-order valence-electron chi connectivity index (χ2n) is 4.29. The number of benzene rings is 1. The van der Waals surface area contributed by atoms with Crippen LogP contribution in [0.3, 0.4) is 0 Å². The minimum atomic E-state index is -3.27. The van der Waals surface area contributed by atoms with Crippen LogP contribution in [0.1, 0.15) is 34.3 Å². The zero-order chi connectivity index (χ0) is 11.7. The van der Waals surface area contributed by atoms with E-state index in [4.69, 9.17) is 11.6 Å². The van der Waals surface area contributed by atoms with Crippen molar-refractivity contribution in [2.24, 2.45) is 0 Å². The van der Waals surface area contributed by atoms with Gasteiger partial charge in [-0.25, -0.2) is 8.42 Å². The third-order valence-electron chi connectivity index (χ3n) is 1.91. The molecule has 0 aliphatic rings. The van der Waals surface area contributed by atoms with E-state index >= 15 is 0 Å².